The van der Waals surface area contributed by atoms with Crippen molar-refractivity contribution in [2.75, 3.05) is 13.7 Å². The first-order chi connectivity index (χ1) is 19.5. The van der Waals surface area contributed by atoms with Gasteiger partial charge < -0.3 is 20.5 Å². The number of amides is 2. The standard InChI is InChI=1S/C31H44ClN5O4/c1-20(2)19-31(23-12-7-6-8-13-23)28(39)37(29(33)36-31)16-10-15-25(21(3)4)34-27(38)26(35-30(40)41-5)18-22-11-9-14-24(32)17-22/h6-9,11-14,17,20-21,25-26,30,35,40H,10,15-16,18-19H2,1-5H3,(H2,33,36)(H,34,38)/t25-,26+,30?,31-/m1/s1. The number of guanidine groups is 1. The van der Waals surface area contributed by atoms with E-state index in [1.807, 2.05) is 56.3 Å². The first-order valence-corrected chi connectivity index (χ1v) is 14.6. The highest BCUT2D eigenvalue weighted by atomic mass is 35.5. The van der Waals surface area contributed by atoms with Crippen LogP contribution in [0.1, 0.15) is 58.1 Å². The summed E-state index contributed by atoms with van der Waals surface area (Å²) >= 11 is 6.13. The van der Waals surface area contributed by atoms with Gasteiger partial charge in [0.05, 0.1) is 6.04 Å². The lowest BCUT2D eigenvalue weighted by Crippen LogP contribution is -2.53. The van der Waals surface area contributed by atoms with Crippen molar-refractivity contribution in [2.45, 2.75) is 77.4 Å². The molecule has 1 aliphatic rings. The fourth-order valence-corrected chi connectivity index (χ4v) is 5.56. The van der Waals surface area contributed by atoms with Gasteiger partial charge in [-0.2, -0.15) is 0 Å². The summed E-state index contributed by atoms with van der Waals surface area (Å²) in [5.41, 5.74) is 0.741. The van der Waals surface area contributed by atoms with E-state index in [2.05, 4.69) is 29.8 Å². The normalized spacial score (nSPS) is 19.4. The van der Waals surface area contributed by atoms with Crippen LogP contribution in [0.2, 0.25) is 5.02 Å². The molecule has 0 aliphatic carbocycles. The highest BCUT2D eigenvalue weighted by molar-refractivity contribution is 6.30. The van der Waals surface area contributed by atoms with Crippen molar-refractivity contribution >= 4 is 29.4 Å². The lowest BCUT2D eigenvalue weighted by Gasteiger charge is -2.30. The van der Waals surface area contributed by atoms with Gasteiger partial charge in [0.15, 0.2) is 5.96 Å². The van der Waals surface area contributed by atoms with Gasteiger partial charge in [0, 0.05) is 24.7 Å². The van der Waals surface area contributed by atoms with Gasteiger partial charge in [-0.05, 0) is 60.8 Å². The molecule has 1 fully saturated rings. The van der Waals surface area contributed by atoms with Crippen LogP contribution < -0.4 is 16.0 Å². The summed E-state index contributed by atoms with van der Waals surface area (Å²) in [6, 6.07) is 15.9. The Kier molecular flexibility index (Phi) is 11.7. The summed E-state index contributed by atoms with van der Waals surface area (Å²) in [6.45, 7) is 8.57. The summed E-state index contributed by atoms with van der Waals surface area (Å²) in [5.74, 6) is 0.0710. The Labute approximate surface area is 248 Å². The maximum absolute atomic E-state index is 13.8. The van der Waals surface area contributed by atoms with Crippen LogP contribution >= 0.6 is 11.6 Å². The first-order valence-electron chi connectivity index (χ1n) is 14.2. The van der Waals surface area contributed by atoms with Crippen LogP contribution in [-0.2, 0) is 26.3 Å². The fourth-order valence-electron chi connectivity index (χ4n) is 5.35. The van der Waals surface area contributed by atoms with Crippen LogP contribution in [-0.4, -0.2) is 59.9 Å². The molecule has 10 heteroatoms. The van der Waals surface area contributed by atoms with E-state index < -0.39 is 18.0 Å². The van der Waals surface area contributed by atoms with Gasteiger partial charge in [-0.3, -0.25) is 25.2 Å². The minimum atomic E-state index is -1.31. The minimum absolute atomic E-state index is 0.101. The smallest absolute Gasteiger partial charge is 0.259 e. The largest absolute Gasteiger partial charge is 0.356 e. The predicted molar refractivity (Wildman–Crippen MR) is 161 cm³/mol. The van der Waals surface area contributed by atoms with Gasteiger partial charge in [0.25, 0.3) is 5.91 Å². The number of ether oxygens (including phenoxy) is 1. The van der Waals surface area contributed by atoms with Crippen LogP contribution in [0.5, 0.6) is 0 Å². The molecule has 2 aromatic rings. The molecule has 2 amide bonds. The number of methoxy groups -OCH3 is 1. The molecular formula is C31H44ClN5O4. The van der Waals surface area contributed by atoms with Gasteiger partial charge in [-0.15, -0.1) is 0 Å². The molecule has 0 saturated carbocycles. The molecule has 3 rings (SSSR count). The van der Waals surface area contributed by atoms with E-state index in [9.17, 15) is 14.7 Å². The van der Waals surface area contributed by atoms with E-state index in [1.54, 1.807) is 12.1 Å². The Morgan fingerprint density at radius 2 is 1.85 bits per heavy atom. The van der Waals surface area contributed by atoms with Crippen molar-refractivity contribution in [1.82, 2.24) is 20.9 Å². The van der Waals surface area contributed by atoms with E-state index in [0.717, 1.165) is 11.1 Å². The second-order valence-electron chi connectivity index (χ2n) is 11.4. The number of hydrogen-bond acceptors (Lipinski definition) is 6. The minimum Gasteiger partial charge on any atom is -0.356 e. The molecule has 1 unspecified atom stereocenters. The molecule has 5 N–H and O–H groups in total. The number of nitrogens with zero attached hydrogens (tertiary/aromatic N) is 1. The van der Waals surface area contributed by atoms with Crippen molar-refractivity contribution in [1.29, 1.82) is 5.41 Å². The van der Waals surface area contributed by atoms with Gasteiger partial charge in [-0.1, -0.05) is 81.8 Å². The molecule has 2 aromatic carbocycles. The third-order valence-electron chi connectivity index (χ3n) is 7.43. The maximum atomic E-state index is 13.8. The molecule has 1 heterocycles. The Hall–Kier alpha value is -2.98. The van der Waals surface area contributed by atoms with Crippen LogP contribution in [0.4, 0.5) is 0 Å². The third-order valence-corrected chi connectivity index (χ3v) is 7.67. The van der Waals surface area contributed by atoms with Gasteiger partial charge in [-0.25, -0.2) is 0 Å². The number of carbonyl (C=O) groups excluding carboxylic acids is 2. The molecule has 9 nitrogen and oxygen atoms in total. The number of benzene rings is 2. The van der Waals surface area contributed by atoms with Gasteiger partial charge >= 0.3 is 0 Å². The number of aliphatic hydroxyl groups excluding tert-OH is 1. The Balaban J connectivity index is 1.67. The van der Waals surface area contributed by atoms with Crippen LogP contribution in [0.15, 0.2) is 54.6 Å². The van der Waals surface area contributed by atoms with Crippen molar-refractivity contribution in [2.24, 2.45) is 11.8 Å². The van der Waals surface area contributed by atoms with Gasteiger partial charge in [0.1, 0.15) is 5.54 Å². The summed E-state index contributed by atoms with van der Waals surface area (Å²) in [4.78, 5) is 28.7. The number of halogens is 1. The Morgan fingerprint density at radius 3 is 2.46 bits per heavy atom. The summed E-state index contributed by atoms with van der Waals surface area (Å²) in [5, 5.41) is 28.4. The first kappa shape index (κ1) is 32.5. The average Bonchev–Trinajstić information content (AvgIpc) is 3.16. The van der Waals surface area contributed by atoms with E-state index in [-0.39, 0.29) is 35.7 Å². The number of nitrogens with one attached hydrogen (secondary N) is 4. The van der Waals surface area contributed by atoms with Crippen molar-refractivity contribution in [3.63, 3.8) is 0 Å². The quantitative estimate of drug-likeness (QED) is 0.201. The van der Waals surface area contributed by atoms with E-state index in [0.29, 0.717) is 37.3 Å². The topological polar surface area (TPSA) is 127 Å². The molecule has 4 atom stereocenters. The molecule has 41 heavy (non-hydrogen) atoms. The molecule has 1 aliphatic heterocycles. The second-order valence-corrected chi connectivity index (χ2v) is 11.9. The number of rotatable bonds is 15. The lowest BCUT2D eigenvalue weighted by atomic mass is 9.82. The van der Waals surface area contributed by atoms with E-state index in [4.69, 9.17) is 21.7 Å². The van der Waals surface area contributed by atoms with E-state index in [1.165, 1.54) is 12.0 Å². The number of aliphatic hydroxyl groups is 1. The van der Waals surface area contributed by atoms with Crippen molar-refractivity contribution in [3.05, 3.63) is 70.7 Å². The summed E-state index contributed by atoms with van der Waals surface area (Å²) in [6.07, 6.45) is 0.782. The zero-order chi connectivity index (χ0) is 30.2. The SMILES string of the molecule is COC(O)N[C@@H](Cc1cccc(Cl)c1)C(=O)N[C@H](CCCN1C(=N)N[C@](CC(C)C)(c2ccccc2)C1=O)C(C)C. The third kappa shape index (κ3) is 8.52. The zero-order valence-corrected chi connectivity index (χ0v) is 25.4. The Morgan fingerprint density at radius 1 is 1.15 bits per heavy atom. The zero-order valence-electron chi connectivity index (χ0n) is 24.6. The molecule has 224 valence electrons. The van der Waals surface area contributed by atoms with Crippen molar-refractivity contribution in [3.8, 4) is 0 Å². The highest BCUT2D eigenvalue weighted by Gasteiger charge is 2.50. The second kappa shape index (κ2) is 14.8. The van der Waals surface area contributed by atoms with Gasteiger partial charge in [0.2, 0.25) is 12.3 Å². The molecule has 0 bridgehead atoms. The average molecular weight is 586 g/mol. The molecule has 0 radical (unpaired) electrons. The molecule has 0 aromatic heterocycles. The fraction of sp³-hybridized carbons (Fsp3) is 0.516. The molecule has 1 saturated heterocycles. The highest BCUT2D eigenvalue weighted by Crippen LogP contribution is 2.35. The summed E-state index contributed by atoms with van der Waals surface area (Å²) < 4.78 is 4.93. The van der Waals surface area contributed by atoms with Crippen molar-refractivity contribution < 1.29 is 19.4 Å². The molecular weight excluding hydrogens is 542 g/mol. The predicted octanol–water partition coefficient (Wildman–Crippen LogP) is 3.99. The lowest BCUT2D eigenvalue weighted by molar-refractivity contribution is -0.134. The van der Waals surface area contributed by atoms with Crippen LogP contribution in [0.3, 0.4) is 0 Å². The molecule has 0 spiro atoms. The van der Waals surface area contributed by atoms with E-state index >= 15 is 0 Å². The maximum Gasteiger partial charge on any atom is 0.259 e. The van der Waals surface area contributed by atoms with Crippen LogP contribution in [0.25, 0.3) is 0 Å². The van der Waals surface area contributed by atoms with Crippen LogP contribution in [0, 0.1) is 17.2 Å². The number of carbonyl (C=O) groups is 2. The monoisotopic (exact) mass is 585 g/mol. The number of hydrogen-bond donors (Lipinski definition) is 5. The Bertz CT molecular complexity index is 1180. The summed E-state index contributed by atoms with van der Waals surface area (Å²) in [7, 11) is 1.35.